The second-order valence-electron chi connectivity index (χ2n) is 3.97. The largest absolute Gasteiger partial charge is 0.401 e. The molecule has 4 nitrogen and oxygen atoms in total. The van der Waals surface area contributed by atoms with Crippen molar-refractivity contribution in [3.63, 3.8) is 0 Å². The van der Waals surface area contributed by atoms with Crippen LogP contribution in [0.15, 0.2) is 18.2 Å². The van der Waals surface area contributed by atoms with Gasteiger partial charge < -0.3 is 0 Å². The van der Waals surface area contributed by atoms with E-state index in [1.807, 2.05) is 0 Å². The van der Waals surface area contributed by atoms with Gasteiger partial charge in [-0.25, -0.2) is 0 Å². The molecule has 0 fully saturated rings. The summed E-state index contributed by atoms with van der Waals surface area (Å²) in [4.78, 5) is 11.2. The van der Waals surface area contributed by atoms with Gasteiger partial charge in [-0.2, -0.15) is 13.2 Å². The molecule has 0 bridgehead atoms. The van der Waals surface area contributed by atoms with E-state index in [2.05, 4.69) is 0 Å². The molecule has 0 unspecified atom stereocenters. The van der Waals surface area contributed by atoms with Crippen LogP contribution < -0.4 is 0 Å². The fourth-order valence-corrected chi connectivity index (χ4v) is 1.93. The first-order valence-electron chi connectivity index (χ1n) is 4.90. The molecular weight excluding hydrogens is 237 g/mol. The zero-order valence-corrected chi connectivity index (χ0v) is 8.70. The topological polar surface area (TPSA) is 46.4 Å². The zero-order valence-electron chi connectivity index (χ0n) is 8.70. The maximum Gasteiger partial charge on any atom is 0.401 e. The van der Waals surface area contributed by atoms with E-state index in [1.54, 1.807) is 0 Å². The summed E-state index contributed by atoms with van der Waals surface area (Å²) in [5, 5.41) is 10.5. The molecule has 1 aromatic rings. The number of rotatable bonds is 2. The summed E-state index contributed by atoms with van der Waals surface area (Å²) in [6, 6.07) is 4.17. The number of benzene rings is 1. The Kier molecular flexibility index (Phi) is 2.78. The summed E-state index contributed by atoms with van der Waals surface area (Å²) in [5.74, 6) is 0. The fraction of sp³-hybridized carbons (Fsp3) is 0.400. The molecule has 0 saturated carbocycles. The van der Waals surface area contributed by atoms with Gasteiger partial charge in [-0.3, -0.25) is 15.0 Å². The predicted molar refractivity (Wildman–Crippen MR) is 53.3 cm³/mol. The van der Waals surface area contributed by atoms with E-state index >= 15 is 0 Å². The van der Waals surface area contributed by atoms with Crippen LogP contribution >= 0.6 is 0 Å². The van der Waals surface area contributed by atoms with Crippen LogP contribution in [-0.4, -0.2) is 22.5 Å². The molecular formula is C10H9F3N2O2. The minimum absolute atomic E-state index is 0.0855. The summed E-state index contributed by atoms with van der Waals surface area (Å²) >= 11 is 0. The molecule has 0 aliphatic carbocycles. The van der Waals surface area contributed by atoms with Gasteiger partial charge in [0, 0.05) is 25.2 Å². The summed E-state index contributed by atoms with van der Waals surface area (Å²) < 4.78 is 36.6. The smallest absolute Gasteiger partial charge is 0.286 e. The highest BCUT2D eigenvalue weighted by Crippen LogP contribution is 2.29. The van der Waals surface area contributed by atoms with Crippen molar-refractivity contribution < 1.29 is 18.1 Å². The Labute approximate surface area is 94.8 Å². The molecule has 0 atom stereocenters. The van der Waals surface area contributed by atoms with Crippen LogP contribution in [-0.2, 0) is 13.1 Å². The minimum Gasteiger partial charge on any atom is -0.286 e. The van der Waals surface area contributed by atoms with Crippen molar-refractivity contribution in [2.24, 2.45) is 0 Å². The van der Waals surface area contributed by atoms with Gasteiger partial charge in [-0.15, -0.1) is 0 Å². The number of nitro benzene ring substituents is 1. The molecule has 0 amide bonds. The fourth-order valence-electron chi connectivity index (χ4n) is 1.93. The third kappa shape index (κ3) is 2.73. The normalized spacial score (nSPS) is 15.9. The summed E-state index contributed by atoms with van der Waals surface area (Å²) in [6.45, 7) is -0.696. The SMILES string of the molecule is O=[N+]([O-])c1ccc2c(c1)CN(CC(F)(F)F)C2. The Bertz CT molecular complexity index is 459. The van der Waals surface area contributed by atoms with E-state index in [0.29, 0.717) is 5.56 Å². The van der Waals surface area contributed by atoms with E-state index in [4.69, 9.17) is 0 Å². The van der Waals surface area contributed by atoms with E-state index < -0.39 is 17.6 Å². The van der Waals surface area contributed by atoms with Crippen molar-refractivity contribution in [3.05, 3.63) is 39.4 Å². The molecule has 0 saturated heterocycles. The summed E-state index contributed by atoms with van der Waals surface area (Å²) in [6.07, 6.45) is -4.24. The van der Waals surface area contributed by atoms with Crippen molar-refractivity contribution >= 4 is 5.69 Å². The van der Waals surface area contributed by atoms with Crippen LogP contribution in [0.25, 0.3) is 0 Å². The van der Waals surface area contributed by atoms with Crippen LogP contribution in [0.3, 0.4) is 0 Å². The lowest BCUT2D eigenvalue weighted by molar-refractivity contribution is -0.384. The molecule has 0 N–H and O–H groups in total. The van der Waals surface area contributed by atoms with Crippen LogP contribution in [0.5, 0.6) is 0 Å². The molecule has 1 heterocycles. The molecule has 1 aliphatic heterocycles. The molecule has 0 aromatic heterocycles. The van der Waals surface area contributed by atoms with Gasteiger partial charge in [0.25, 0.3) is 5.69 Å². The third-order valence-electron chi connectivity index (χ3n) is 2.59. The van der Waals surface area contributed by atoms with Gasteiger partial charge in [0.15, 0.2) is 0 Å². The molecule has 17 heavy (non-hydrogen) atoms. The molecule has 1 aromatic carbocycles. The monoisotopic (exact) mass is 246 g/mol. The van der Waals surface area contributed by atoms with Crippen LogP contribution in [0.4, 0.5) is 18.9 Å². The van der Waals surface area contributed by atoms with Gasteiger partial charge >= 0.3 is 6.18 Å². The van der Waals surface area contributed by atoms with Gasteiger partial charge in [0.05, 0.1) is 11.5 Å². The van der Waals surface area contributed by atoms with Crippen LogP contribution in [0.1, 0.15) is 11.1 Å². The first-order valence-corrected chi connectivity index (χ1v) is 4.90. The Balaban J connectivity index is 2.14. The zero-order chi connectivity index (χ0) is 12.6. The Morgan fingerprint density at radius 3 is 2.53 bits per heavy atom. The lowest BCUT2D eigenvalue weighted by Gasteiger charge is -2.16. The summed E-state index contributed by atoms with van der Waals surface area (Å²) in [5.41, 5.74) is 1.24. The average Bonchev–Trinajstić information content (AvgIpc) is 2.54. The maximum absolute atomic E-state index is 12.2. The third-order valence-corrected chi connectivity index (χ3v) is 2.59. The van der Waals surface area contributed by atoms with E-state index in [9.17, 15) is 23.3 Å². The van der Waals surface area contributed by atoms with Crippen LogP contribution in [0.2, 0.25) is 0 Å². The minimum atomic E-state index is -4.24. The lowest BCUT2D eigenvalue weighted by atomic mass is 10.1. The number of nitro groups is 1. The van der Waals surface area contributed by atoms with E-state index in [-0.39, 0.29) is 18.8 Å². The highest BCUT2D eigenvalue weighted by molar-refractivity contribution is 5.41. The number of non-ortho nitro benzene ring substituents is 1. The highest BCUT2D eigenvalue weighted by atomic mass is 19.4. The van der Waals surface area contributed by atoms with Gasteiger partial charge in [0.1, 0.15) is 0 Å². The quantitative estimate of drug-likeness (QED) is 0.594. The maximum atomic E-state index is 12.2. The lowest BCUT2D eigenvalue weighted by Crippen LogP contribution is -2.29. The number of alkyl halides is 3. The van der Waals surface area contributed by atoms with Gasteiger partial charge in [0.2, 0.25) is 0 Å². The molecule has 2 rings (SSSR count). The van der Waals surface area contributed by atoms with Crippen LogP contribution in [0, 0.1) is 10.1 Å². The van der Waals surface area contributed by atoms with Gasteiger partial charge in [-0.05, 0) is 11.1 Å². The standard InChI is InChI=1S/C10H9F3N2O2/c11-10(12,13)6-14-4-7-1-2-9(15(16)17)3-8(7)5-14/h1-3H,4-6H2. The van der Waals surface area contributed by atoms with Crippen molar-refractivity contribution in [2.75, 3.05) is 6.54 Å². The van der Waals surface area contributed by atoms with Crippen molar-refractivity contribution in [1.82, 2.24) is 4.90 Å². The molecule has 0 radical (unpaired) electrons. The number of fused-ring (bicyclic) bond motifs is 1. The Morgan fingerprint density at radius 2 is 1.94 bits per heavy atom. The molecule has 0 spiro atoms. The van der Waals surface area contributed by atoms with Crippen molar-refractivity contribution in [2.45, 2.75) is 19.3 Å². The average molecular weight is 246 g/mol. The second-order valence-corrected chi connectivity index (χ2v) is 3.97. The van der Waals surface area contributed by atoms with E-state index in [1.165, 1.54) is 23.1 Å². The molecule has 1 aliphatic rings. The summed E-state index contributed by atoms with van der Waals surface area (Å²) in [7, 11) is 0. The number of hydrogen-bond acceptors (Lipinski definition) is 3. The molecule has 92 valence electrons. The first kappa shape index (κ1) is 11.8. The van der Waals surface area contributed by atoms with Crippen molar-refractivity contribution in [1.29, 1.82) is 0 Å². The first-order chi connectivity index (χ1) is 7.85. The predicted octanol–water partition coefficient (Wildman–Crippen LogP) is 2.47. The Morgan fingerprint density at radius 1 is 1.29 bits per heavy atom. The molecule has 7 heteroatoms. The van der Waals surface area contributed by atoms with E-state index in [0.717, 1.165) is 5.56 Å². The highest BCUT2D eigenvalue weighted by Gasteiger charge is 2.33. The van der Waals surface area contributed by atoms with Crippen molar-refractivity contribution in [3.8, 4) is 0 Å². The second kappa shape index (κ2) is 3.99. The number of halogens is 3. The number of hydrogen-bond donors (Lipinski definition) is 0. The van der Waals surface area contributed by atoms with Gasteiger partial charge in [-0.1, -0.05) is 6.07 Å². The Hall–Kier alpha value is -1.63. The number of nitrogens with zero attached hydrogens (tertiary/aromatic N) is 2.